The van der Waals surface area contributed by atoms with Crippen LogP contribution in [-0.2, 0) is 5.41 Å². The van der Waals surface area contributed by atoms with Gasteiger partial charge in [-0.3, -0.25) is 0 Å². The van der Waals surface area contributed by atoms with E-state index in [1.54, 1.807) is 0 Å². The summed E-state index contributed by atoms with van der Waals surface area (Å²) in [7, 11) is 0. The number of nitrogens with zero attached hydrogens (tertiary/aromatic N) is 1. The normalized spacial score (nSPS) is 11.5. The molecule has 0 fully saturated rings. The van der Waals surface area contributed by atoms with Gasteiger partial charge in [0.1, 0.15) is 0 Å². The minimum Gasteiger partial charge on any atom is -0.164 e. The van der Waals surface area contributed by atoms with Gasteiger partial charge >= 0.3 is 0 Å². The first-order chi connectivity index (χ1) is 10.9. The number of pyridine rings is 1. The quantitative estimate of drug-likeness (QED) is 0.542. The zero-order valence-electron chi connectivity index (χ0n) is 13.8. The second-order valence-corrected chi connectivity index (χ2v) is 7.20. The standard InChI is InChI=1S/C21H21ClN/c1-21(2,3)20-15-17(16-7-5-4-6-8-16)13-14-23(20)19-11-9-18(22)10-12-19/h4-15H,1-3H3/q+1. The van der Waals surface area contributed by atoms with Gasteiger partial charge in [0.15, 0.2) is 11.9 Å². The van der Waals surface area contributed by atoms with Crippen molar-refractivity contribution in [1.82, 2.24) is 0 Å². The van der Waals surface area contributed by atoms with E-state index in [2.05, 4.69) is 80.1 Å². The molecular weight excluding hydrogens is 302 g/mol. The summed E-state index contributed by atoms with van der Waals surface area (Å²) < 4.78 is 2.24. The fourth-order valence-corrected chi connectivity index (χ4v) is 2.84. The third kappa shape index (κ3) is 3.46. The molecule has 0 N–H and O–H groups in total. The zero-order valence-corrected chi connectivity index (χ0v) is 14.5. The lowest BCUT2D eigenvalue weighted by molar-refractivity contribution is -0.608. The van der Waals surface area contributed by atoms with Crippen molar-refractivity contribution in [1.29, 1.82) is 0 Å². The summed E-state index contributed by atoms with van der Waals surface area (Å²) >= 11 is 6.02. The van der Waals surface area contributed by atoms with Crippen molar-refractivity contribution in [3.63, 3.8) is 0 Å². The Balaban J connectivity index is 2.16. The lowest BCUT2D eigenvalue weighted by Crippen LogP contribution is -2.40. The molecule has 3 rings (SSSR count). The largest absolute Gasteiger partial charge is 0.210 e. The van der Waals surface area contributed by atoms with E-state index in [0.717, 1.165) is 10.7 Å². The van der Waals surface area contributed by atoms with Gasteiger partial charge in [-0.25, -0.2) is 0 Å². The molecule has 2 aromatic carbocycles. The Hall–Kier alpha value is -2.12. The molecule has 0 atom stereocenters. The highest BCUT2D eigenvalue weighted by atomic mass is 35.5. The van der Waals surface area contributed by atoms with Crippen LogP contribution in [0.25, 0.3) is 16.8 Å². The van der Waals surface area contributed by atoms with Crippen LogP contribution in [0.5, 0.6) is 0 Å². The molecule has 0 saturated carbocycles. The fraction of sp³-hybridized carbons (Fsp3) is 0.190. The van der Waals surface area contributed by atoms with E-state index >= 15 is 0 Å². The van der Waals surface area contributed by atoms with Crippen LogP contribution in [0, 0.1) is 0 Å². The molecule has 0 unspecified atom stereocenters. The van der Waals surface area contributed by atoms with Crippen molar-refractivity contribution in [3.8, 4) is 16.8 Å². The van der Waals surface area contributed by atoms with Gasteiger partial charge in [-0.1, -0.05) is 62.7 Å². The topological polar surface area (TPSA) is 3.88 Å². The highest BCUT2D eigenvalue weighted by molar-refractivity contribution is 6.30. The van der Waals surface area contributed by atoms with E-state index in [0.29, 0.717) is 0 Å². The molecule has 0 aliphatic rings. The predicted molar refractivity (Wildman–Crippen MR) is 97.1 cm³/mol. The highest BCUT2D eigenvalue weighted by Crippen LogP contribution is 2.26. The maximum atomic E-state index is 6.02. The van der Waals surface area contributed by atoms with Gasteiger partial charge in [-0.15, -0.1) is 0 Å². The maximum Gasteiger partial charge on any atom is 0.210 e. The van der Waals surface area contributed by atoms with Crippen LogP contribution in [0.2, 0.25) is 5.02 Å². The van der Waals surface area contributed by atoms with E-state index in [4.69, 9.17) is 11.6 Å². The fourth-order valence-electron chi connectivity index (χ4n) is 2.71. The first-order valence-corrected chi connectivity index (χ1v) is 8.20. The van der Waals surface area contributed by atoms with Crippen LogP contribution in [0.3, 0.4) is 0 Å². The van der Waals surface area contributed by atoms with Crippen LogP contribution in [0.1, 0.15) is 26.5 Å². The number of halogens is 1. The van der Waals surface area contributed by atoms with Crippen LogP contribution in [0.4, 0.5) is 0 Å². The number of hydrogen-bond donors (Lipinski definition) is 0. The number of benzene rings is 2. The van der Waals surface area contributed by atoms with Crippen molar-refractivity contribution < 1.29 is 4.57 Å². The molecule has 1 nitrogen and oxygen atoms in total. The Morgan fingerprint density at radius 1 is 0.783 bits per heavy atom. The third-order valence-electron chi connectivity index (χ3n) is 3.94. The molecular formula is C21H21ClN+. The molecule has 0 amide bonds. The van der Waals surface area contributed by atoms with Crippen molar-refractivity contribution in [3.05, 3.63) is 83.6 Å². The Bertz CT molecular complexity index is 799. The van der Waals surface area contributed by atoms with Gasteiger partial charge < -0.3 is 0 Å². The monoisotopic (exact) mass is 322 g/mol. The predicted octanol–water partition coefficient (Wildman–Crippen LogP) is 5.58. The van der Waals surface area contributed by atoms with Gasteiger partial charge in [0.25, 0.3) is 0 Å². The third-order valence-corrected chi connectivity index (χ3v) is 4.19. The summed E-state index contributed by atoms with van der Waals surface area (Å²) in [4.78, 5) is 0. The Kier molecular flexibility index (Phi) is 4.23. The van der Waals surface area contributed by atoms with E-state index in [-0.39, 0.29) is 5.41 Å². The molecule has 1 aromatic heterocycles. The summed E-state index contributed by atoms with van der Waals surface area (Å²) in [6, 6.07) is 22.9. The van der Waals surface area contributed by atoms with Crippen LogP contribution < -0.4 is 4.57 Å². The Morgan fingerprint density at radius 2 is 1.43 bits per heavy atom. The number of aromatic nitrogens is 1. The molecule has 3 aromatic rings. The lowest BCUT2D eigenvalue weighted by atomic mass is 9.89. The SMILES string of the molecule is CC(C)(C)c1cc(-c2ccccc2)cc[n+]1-c1ccc(Cl)cc1. The molecule has 0 aliphatic heterocycles. The molecule has 0 radical (unpaired) electrons. The Labute approximate surface area is 143 Å². The van der Waals surface area contributed by atoms with Gasteiger partial charge in [-0.05, 0) is 23.3 Å². The second kappa shape index (κ2) is 6.17. The molecule has 2 heteroatoms. The summed E-state index contributed by atoms with van der Waals surface area (Å²) in [6.45, 7) is 6.72. The Morgan fingerprint density at radius 3 is 2.04 bits per heavy atom. The van der Waals surface area contributed by atoms with Crippen molar-refractivity contribution in [2.45, 2.75) is 26.2 Å². The van der Waals surface area contributed by atoms with Gasteiger partial charge in [0.2, 0.25) is 5.69 Å². The van der Waals surface area contributed by atoms with Crippen LogP contribution >= 0.6 is 11.6 Å². The van der Waals surface area contributed by atoms with Gasteiger partial charge in [0, 0.05) is 34.7 Å². The zero-order chi connectivity index (χ0) is 16.4. The average Bonchev–Trinajstić information content (AvgIpc) is 2.55. The summed E-state index contributed by atoms with van der Waals surface area (Å²) in [5.74, 6) is 0. The van der Waals surface area contributed by atoms with E-state index in [1.807, 2.05) is 18.2 Å². The summed E-state index contributed by atoms with van der Waals surface area (Å²) in [6.07, 6.45) is 2.14. The number of hydrogen-bond acceptors (Lipinski definition) is 0. The molecule has 0 saturated heterocycles. The molecule has 23 heavy (non-hydrogen) atoms. The first kappa shape index (κ1) is 15.8. The van der Waals surface area contributed by atoms with E-state index < -0.39 is 0 Å². The average molecular weight is 323 g/mol. The lowest BCUT2D eigenvalue weighted by Gasteiger charge is -2.17. The summed E-state index contributed by atoms with van der Waals surface area (Å²) in [5, 5.41) is 0.757. The molecule has 1 heterocycles. The highest BCUT2D eigenvalue weighted by Gasteiger charge is 2.27. The van der Waals surface area contributed by atoms with E-state index in [9.17, 15) is 0 Å². The van der Waals surface area contributed by atoms with Gasteiger partial charge in [-0.2, -0.15) is 4.57 Å². The van der Waals surface area contributed by atoms with Crippen molar-refractivity contribution in [2.75, 3.05) is 0 Å². The minimum absolute atomic E-state index is 0.0322. The number of rotatable bonds is 2. The second-order valence-electron chi connectivity index (χ2n) is 6.76. The summed E-state index contributed by atoms with van der Waals surface area (Å²) in [5.41, 5.74) is 4.90. The molecule has 0 aliphatic carbocycles. The van der Waals surface area contributed by atoms with E-state index in [1.165, 1.54) is 16.8 Å². The molecule has 0 bridgehead atoms. The minimum atomic E-state index is 0.0322. The van der Waals surface area contributed by atoms with Gasteiger partial charge in [0.05, 0.1) is 0 Å². The van der Waals surface area contributed by atoms with Crippen LogP contribution in [0.15, 0.2) is 72.9 Å². The first-order valence-electron chi connectivity index (χ1n) is 7.83. The smallest absolute Gasteiger partial charge is 0.164 e. The van der Waals surface area contributed by atoms with Crippen molar-refractivity contribution in [2.24, 2.45) is 0 Å². The van der Waals surface area contributed by atoms with Crippen molar-refractivity contribution >= 4 is 11.6 Å². The maximum absolute atomic E-state index is 6.02. The molecule has 0 spiro atoms. The molecule has 116 valence electrons. The van der Waals surface area contributed by atoms with Crippen LogP contribution in [-0.4, -0.2) is 0 Å².